The molecular formula is C18H17F3N4O3. The molecule has 1 aliphatic heterocycles. The molecule has 2 unspecified atom stereocenters. The van der Waals surface area contributed by atoms with E-state index in [0.717, 1.165) is 0 Å². The number of nitriles is 1. The molecule has 0 saturated heterocycles. The topological polar surface area (TPSA) is 104 Å². The van der Waals surface area contributed by atoms with Crippen LogP contribution in [-0.4, -0.2) is 36.0 Å². The second-order valence-corrected chi connectivity index (χ2v) is 6.30. The molecule has 2 atom stereocenters. The van der Waals surface area contributed by atoms with Gasteiger partial charge < -0.3 is 14.2 Å². The first kappa shape index (κ1) is 19.7. The summed E-state index contributed by atoms with van der Waals surface area (Å²) in [5.41, 5.74) is 2.34. The lowest BCUT2D eigenvalue weighted by molar-refractivity contribution is -0.176. The van der Waals surface area contributed by atoms with Crippen molar-refractivity contribution in [3.8, 4) is 17.7 Å². The van der Waals surface area contributed by atoms with Crippen LogP contribution in [0.1, 0.15) is 28.3 Å². The van der Waals surface area contributed by atoms with Crippen molar-refractivity contribution in [2.24, 2.45) is 5.92 Å². The molecule has 0 fully saturated rings. The molecule has 10 heteroatoms. The molecule has 1 aromatic heterocycles. The predicted molar refractivity (Wildman–Crippen MR) is 91.3 cm³/mol. The number of methoxy groups -OCH3 is 1. The first-order valence-electron chi connectivity index (χ1n) is 8.27. The minimum atomic E-state index is -4.44. The monoisotopic (exact) mass is 394 g/mol. The Morgan fingerprint density at radius 2 is 2.14 bits per heavy atom. The van der Waals surface area contributed by atoms with Crippen LogP contribution in [0.2, 0.25) is 0 Å². The fourth-order valence-electron chi connectivity index (χ4n) is 3.22. The number of fused-ring (bicyclic) bond motifs is 1. The van der Waals surface area contributed by atoms with Gasteiger partial charge in [-0.2, -0.15) is 18.4 Å². The van der Waals surface area contributed by atoms with Crippen LogP contribution in [0.15, 0.2) is 18.2 Å². The molecule has 28 heavy (non-hydrogen) atoms. The summed E-state index contributed by atoms with van der Waals surface area (Å²) in [5, 5.41) is 24.4. The van der Waals surface area contributed by atoms with Gasteiger partial charge in [0.25, 0.3) is 0 Å². The lowest BCUT2D eigenvalue weighted by atomic mass is 9.79. The van der Waals surface area contributed by atoms with Crippen LogP contribution >= 0.6 is 0 Å². The normalized spacial score (nSPS) is 18.9. The third-order valence-electron chi connectivity index (χ3n) is 4.42. The Morgan fingerprint density at radius 1 is 1.39 bits per heavy atom. The molecule has 2 heterocycles. The van der Waals surface area contributed by atoms with Crippen LogP contribution in [0.25, 0.3) is 0 Å². The number of halogens is 3. The second-order valence-electron chi connectivity index (χ2n) is 6.30. The third kappa shape index (κ3) is 3.80. The maximum Gasteiger partial charge on any atom is 0.411 e. The van der Waals surface area contributed by atoms with Crippen LogP contribution in [0.5, 0.6) is 11.6 Å². The molecule has 0 radical (unpaired) electrons. The molecule has 0 amide bonds. The molecule has 0 bridgehead atoms. The first-order valence-corrected chi connectivity index (χ1v) is 8.27. The van der Waals surface area contributed by atoms with Crippen LogP contribution in [0.4, 0.5) is 13.2 Å². The number of aromatic nitrogens is 2. The van der Waals surface area contributed by atoms with Gasteiger partial charge in [0.1, 0.15) is 18.3 Å². The summed E-state index contributed by atoms with van der Waals surface area (Å²) < 4.78 is 52.5. The SMILES string of the molecule is COc1ccc(C2c3c(n[nH]c3C)OC(=N)C2C#N)cc1COCC(F)(F)F. The second kappa shape index (κ2) is 7.52. The zero-order valence-electron chi connectivity index (χ0n) is 15.1. The van der Waals surface area contributed by atoms with Gasteiger partial charge in [0.2, 0.25) is 11.8 Å². The van der Waals surface area contributed by atoms with Gasteiger partial charge >= 0.3 is 6.18 Å². The number of ether oxygens (including phenoxy) is 3. The molecule has 2 N–H and O–H groups in total. The third-order valence-corrected chi connectivity index (χ3v) is 4.42. The Balaban J connectivity index is 2.00. The smallest absolute Gasteiger partial charge is 0.411 e. The molecule has 0 saturated carbocycles. The first-order chi connectivity index (χ1) is 13.2. The molecular weight excluding hydrogens is 377 g/mol. The minimum absolute atomic E-state index is 0.213. The molecule has 0 spiro atoms. The Bertz CT molecular complexity index is 933. The quantitative estimate of drug-likeness (QED) is 0.808. The fourth-order valence-corrected chi connectivity index (χ4v) is 3.22. The van der Waals surface area contributed by atoms with Gasteiger partial charge in [0.15, 0.2) is 0 Å². The maximum absolute atomic E-state index is 12.4. The highest BCUT2D eigenvalue weighted by atomic mass is 19.4. The summed E-state index contributed by atoms with van der Waals surface area (Å²) >= 11 is 0. The standard InChI is InChI=1S/C18H17F3N4O3/c1-9-14-15(12(6-22)16(23)28-17(14)25-24-9)10-3-4-13(26-2)11(5-10)7-27-8-18(19,20)21/h3-5,12,15,23H,7-8H2,1-2H3,(H,24,25). The minimum Gasteiger partial charge on any atom is -0.496 e. The summed E-state index contributed by atoms with van der Waals surface area (Å²) in [4.78, 5) is 0. The van der Waals surface area contributed by atoms with E-state index in [4.69, 9.17) is 19.6 Å². The average Bonchev–Trinajstić information content (AvgIpc) is 2.99. The zero-order chi connectivity index (χ0) is 20.5. The van der Waals surface area contributed by atoms with Gasteiger partial charge in [-0.05, 0) is 24.6 Å². The zero-order valence-corrected chi connectivity index (χ0v) is 15.1. The van der Waals surface area contributed by atoms with Crippen LogP contribution in [0, 0.1) is 29.6 Å². The van der Waals surface area contributed by atoms with Crippen molar-refractivity contribution in [2.75, 3.05) is 13.7 Å². The molecule has 148 valence electrons. The van der Waals surface area contributed by atoms with E-state index in [9.17, 15) is 18.4 Å². The Labute approximate surface area is 158 Å². The summed E-state index contributed by atoms with van der Waals surface area (Å²) in [7, 11) is 1.41. The largest absolute Gasteiger partial charge is 0.496 e. The Kier molecular flexibility index (Phi) is 5.29. The summed E-state index contributed by atoms with van der Waals surface area (Å²) in [5.74, 6) is -1.12. The Morgan fingerprint density at radius 3 is 2.79 bits per heavy atom. The maximum atomic E-state index is 12.4. The highest BCUT2D eigenvalue weighted by molar-refractivity contribution is 5.84. The Hall–Kier alpha value is -3.06. The molecule has 1 aromatic carbocycles. The summed E-state index contributed by atoms with van der Waals surface area (Å²) in [6.45, 7) is 0.0716. The van der Waals surface area contributed by atoms with Crippen LogP contribution < -0.4 is 9.47 Å². The molecule has 0 aliphatic carbocycles. The van der Waals surface area contributed by atoms with Crippen molar-refractivity contribution in [1.82, 2.24) is 10.2 Å². The number of rotatable bonds is 5. The van der Waals surface area contributed by atoms with E-state index in [1.165, 1.54) is 7.11 Å². The van der Waals surface area contributed by atoms with E-state index < -0.39 is 24.6 Å². The van der Waals surface area contributed by atoms with Crippen molar-refractivity contribution < 1.29 is 27.4 Å². The van der Waals surface area contributed by atoms with Gasteiger partial charge in [0, 0.05) is 22.7 Å². The van der Waals surface area contributed by atoms with Crippen molar-refractivity contribution in [1.29, 1.82) is 10.7 Å². The van der Waals surface area contributed by atoms with Crippen molar-refractivity contribution >= 4 is 5.90 Å². The van der Waals surface area contributed by atoms with E-state index in [-0.39, 0.29) is 18.4 Å². The van der Waals surface area contributed by atoms with Gasteiger partial charge in [-0.25, -0.2) is 0 Å². The lowest BCUT2D eigenvalue weighted by Gasteiger charge is -2.28. The highest BCUT2D eigenvalue weighted by Crippen LogP contribution is 2.43. The number of aromatic amines is 1. The average molecular weight is 394 g/mol. The summed E-state index contributed by atoms with van der Waals surface area (Å²) in [6, 6.07) is 7.00. The number of aryl methyl sites for hydroxylation is 1. The molecule has 2 aromatic rings. The lowest BCUT2D eigenvalue weighted by Crippen LogP contribution is -2.31. The van der Waals surface area contributed by atoms with Gasteiger partial charge in [-0.15, -0.1) is 5.10 Å². The van der Waals surface area contributed by atoms with E-state index in [1.807, 2.05) is 0 Å². The molecule has 7 nitrogen and oxygen atoms in total. The van der Waals surface area contributed by atoms with Crippen molar-refractivity contribution in [3.63, 3.8) is 0 Å². The number of hydrogen-bond donors (Lipinski definition) is 2. The van der Waals surface area contributed by atoms with E-state index >= 15 is 0 Å². The van der Waals surface area contributed by atoms with Crippen LogP contribution in [0.3, 0.4) is 0 Å². The summed E-state index contributed by atoms with van der Waals surface area (Å²) in [6.07, 6.45) is -4.44. The van der Waals surface area contributed by atoms with Crippen molar-refractivity contribution in [3.05, 3.63) is 40.6 Å². The number of alkyl halides is 3. The highest BCUT2D eigenvalue weighted by Gasteiger charge is 2.40. The van der Waals surface area contributed by atoms with Crippen molar-refractivity contribution in [2.45, 2.75) is 25.6 Å². The van der Waals surface area contributed by atoms with E-state index in [2.05, 4.69) is 16.3 Å². The van der Waals surface area contributed by atoms with Crippen LogP contribution in [-0.2, 0) is 11.3 Å². The van der Waals surface area contributed by atoms with Gasteiger partial charge in [0.05, 0.1) is 19.8 Å². The van der Waals surface area contributed by atoms with E-state index in [0.29, 0.717) is 28.1 Å². The van der Waals surface area contributed by atoms with Gasteiger partial charge in [-0.1, -0.05) is 6.07 Å². The fraction of sp³-hybridized carbons (Fsp3) is 0.389. The molecule has 1 aliphatic rings. The number of hydrogen-bond acceptors (Lipinski definition) is 6. The number of nitrogens with zero attached hydrogens (tertiary/aromatic N) is 2. The number of benzene rings is 1. The number of nitrogens with one attached hydrogen (secondary N) is 2. The van der Waals surface area contributed by atoms with Gasteiger partial charge in [-0.3, -0.25) is 10.5 Å². The number of H-pyrrole nitrogens is 1. The van der Waals surface area contributed by atoms with E-state index in [1.54, 1.807) is 25.1 Å². The predicted octanol–water partition coefficient (Wildman–Crippen LogP) is 3.45. The molecule has 3 rings (SSSR count).